The van der Waals surface area contributed by atoms with Gasteiger partial charge >= 0.3 is 0 Å². The molecular weight excluding hydrogens is 547 g/mol. The van der Waals surface area contributed by atoms with Gasteiger partial charge in [0.05, 0.1) is 4.90 Å². The van der Waals surface area contributed by atoms with Crippen LogP contribution in [0.1, 0.15) is 18.9 Å². The van der Waals surface area contributed by atoms with Gasteiger partial charge in [-0.05, 0) is 79.9 Å². The molecule has 2 aromatic carbocycles. The largest absolute Gasteiger partial charge is 0.383 e. The number of halogens is 2. The average Bonchev–Trinajstić information content (AvgIpc) is 2.90. The lowest BCUT2D eigenvalue weighted by Crippen LogP contribution is -2.55. The summed E-state index contributed by atoms with van der Waals surface area (Å²) in [6.45, 7) is 5.22. The van der Waals surface area contributed by atoms with Crippen molar-refractivity contribution in [1.29, 1.82) is 5.41 Å². The van der Waals surface area contributed by atoms with Crippen molar-refractivity contribution in [3.05, 3.63) is 65.2 Å². The summed E-state index contributed by atoms with van der Waals surface area (Å²) in [5.74, 6) is -0.172. The number of amidine groups is 1. The fourth-order valence-corrected chi connectivity index (χ4v) is 5.97. The van der Waals surface area contributed by atoms with E-state index in [1.807, 2.05) is 30.0 Å². The number of nitrogens with two attached hydrogens (primary N) is 1. The first kappa shape index (κ1) is 27.9. The van der Waals surface area contributed by atoms with Crippen LogP contribution in [0.5, 0.6) is 0 Å². The van der Waals surface area contributed by atoms with Crippen LogP contribution in [-0.4, -0.2) is 69.0 Å². The molecule has 2 aliphatic heterocycles. The van der Waals surface area contributed by atoms with E-state index in [1.54, 1.807) is 12.1 Å². The number of rotatable bonds is 7. The zero-order valence-corrected chi connectivity index (χ0v) is 23.3. The van der Waals surface area contributed by atoms with E-state index in [0.29, 0.717) is 31.2 Å². The van der Waals surface area contributed by atoms with Gasteiger partial charge in [0, 0.05) is 49.1 Å². The minimum atomic E-state index is -4.00. The van der Waals surface area contributed by atoms with Crippen molar-refractivity contribution in [1.82, 2.24) is 4.90 Å². The Kier molecular flexibility index (Phi) is 8.64. The van der Waals surface area contributed by atoms with E-state index in [4.69, 9.17) is 34.3 Å². The van der Waals surface area contributed by atoms with Crippen molar-refractivity contribution in [2.75, 3.05) is 42.5 Å². The van der Waals surface area contributed by atoms with Crippen molar-refractivity contribution in [3.8, 4) is 0 Å². The van der Waals surface area contributed by atoms with E-state index in [-0.39, 0.29) is 27.9 Å². The lowest BCUT2D eigenvalue weighted by molar-refractivity contribution is -0.132. The first-order chi connectivity index (χ1) is 18.0. The highest BCUT2D eigenvalue weighted by Crippen LogP contribution is 2.31. The minimum absolute atomic E-state index is 0.00397. The fraction of sp³-hybridized carbons (Fsp3) is 0.346. The molecule has 202 valence electrons. The van der Waals surface area contributed by atoms with E-state index >= 15 is 0 Å². The number of amides is 1. The van der Waals surface area contributed by atoms with E-state index < -0.39 is 10.0 Å². The van der Waals surface area contributed by atoms with E-state index in [2.05, 4.69) is 14.2 Å². The number of fused-ring (bicyclic) bond motifs is 1. The second-order valence-electron chi connectivity index (χ2n) is 9.22. The lowest BCUT2D eigenvalue weighted by Gasteiger charge is -2.41. The van der Waals surface area contributed by atoms with Crippen molar-refractivity contribution in [3.63, 3.8) is 0 Å². The maximum Gasteiger partial charge on any atom is 0.284 e. The van der Waals surface area contributed by atoms with Crippen molar-refractivity contribution >= 4 is 61.5 Å². The Hall–Kier alpha value is -3.08. The van der Waals surface area contributed by atoms with Crippen LogP contribution in [0.3, 0.4) is 0 Å². The molecule has 0 radical (unpaired) electrons. The Morgan fingerprint density at radius 2 is 1.76 bits per heavy atom. The van der Waals surface area contributed by atoms with Crippen molar-refractivity contribution in [2.24, 2.45) is 10.1 Å². The third-order valence-electron chi connectivity index (χ3n) is 6.74. The Bertz CT molecular complexity index is 1370. The van der Waals surface area contributed by atoms with Gasteiger partial charge < -0.3 is 20.4 Å². The molecule has 0 bridgehead atoms. The van der Waals surface area contributed by atoms with E-state index in [0.717, 1.165) is 42.9 Å². The molecule has 4 rings (SSSR count). The smallest absolute Gasteiger partial charge is 0.284 e. The van der Waals surface area contributed by atoms with Gasteiger partial charge in [-0.25, -0.2) is 0 Å². The molecular formula is C26H30Cl2N6O3S. The zero-order chi connectivity index (χ0) is 27.4. The van der Waals surface area contributed by atoms with Gasteiger partial charge in [-0.3, -0.25) is 10.2 Å². The fourth-order valence-electron chi connectivity index (χ4n) is 4.79. The molecule has 0 spiro atoms. The van der Waals surface area contributed by atoms with Gasteiger partial charge in [0.25, 0.3) is 10.0 Å². The number of nitrogens with one attached hydrogen (secondary N) is 1. The molecule has 2 aliphatic rings. The zero-order valence-electron chi connectivity index (χ0n) is 21.0. The molecule has 1 atom stereocenters. The number of aryl methyl sites for hydroxylation is 1. The van der Waals surface area contributed by atoms with Gasteiger partial charge in [-0.1, -0.05) is 23.2 Å². The Balaban J connectivity index is 1.37. The van der Waals surface area contributed by atoms with E-state index in [9.17, 15) is 13.2 Å². The van der Waals surface area contributed by atoms with Crippen LogP contribution in [0, 0.1) is 5.41 Å². The predicted molar refractivity (Wildman–Crippen MR) is 153 cm³/mol. The Labute approximate surface area is 233 Å². The number of piperazine rings is 1. The summed E-state index contributed by atoms with van der Waals surface area (Å²) in [4.78, 5) is 19.6. The number of benzene rings is 2. The quantitative estimate of drug-likeness (QED) is 0.383. The first-order valence-corrected chi connectivity index (χ1v) is 14.5. The Morgan fingerprint density at radius 1 is 1.08 bits per heavy atom. The third-order valence-corrected chi connectivity index (χ3v) is 8.42. The van der Waals surface area contributed by atoms with Gasteiger partial charge in [0.1, 0.15) is 17.0 Å². The van der Waals surface area contributed by atoms with Crippen LogP contribution in [0.4, 0.5) is 11.4 Å². The highest BCUT2D eigenvalue weighted by atomic mass is 35.5. The topological polar surface area (TPSA) is 123 Å². The maximum absolute atomic E-state index is 13.4. The van der Waals surface area contributed by atoms with Gasteiger partial charge in [0.2, 0.25) is 5.91 Å². The SMILES string of the molecule is C[C@@H](C(=O)N1CCN(c2ccc(S(=O)(=O)N=C(N)C=CC(=N)Cl)cc2)CC1)N1CCCc2cc(Cl)ccc21. The molecule has 1 amide bonds. The van der Waals surface area contributed by atoms with E-state index in [1.165, 1.54) is 17.7 Å². The standard InChI is InChI=1S/C26H30Cl2N6O3S/c1-18(34-12-2-3-19-17-20(27)4-9-23(19)34)26(35)33-15-13-32(14-16-33)21-5-7-22(8-6-21)38(36,37)31-25(30)11-10-24(28)29/h4-11,17-18,29H,2-3,12-16H2,1H3,(H2,30,31)/t18-/m0/s1. The van der Waals surface area contributed by atoms with Gasteiger partial charge in [-0.15, -0.1) is 4.40 Å². The number of hydrogen-bond acceptors (Lipinski definition) is 6. The minimum Gasteiger partial charge on any atom is -0.383 e. The number of carbonyl (C=O) groups is 1. The summed E-state index contributed by atoms with van der Waals surface area (Å²) < 4.78 is 28.6. The molecule has 2 heterocycles. The number of sulfonamides is 1. The summed E-state index contributed by atoms with van der Waals surface area (Å²) in [6, 6.07) is 12.0. The molecule has 0 aliphatic carbocycles. The second kappa shape index (κ2) is 11.8. The predicted octanol–water partition coefficient (Wildman–Crippen LogP) is 3.65. The summed E-state index contributed by atoms with van der Waals surface area (Å²) >= 11 is 11.6. The van der Waals surface area contributed by atoms with Crippen LogP contribution < -0.4 is 15.5 Å². The van der Waals surface area contributed by atoms with Crippen LogP contribution in [0.2, 0.25) is 5.02 Å². The number of allylic oxidation sites excluding steroid dienone is 1. The monoisotopic (exact) mass is 576 g/mol. The summed E-state index contributed by atoms with van der Waals surface area (Å²) in [6.07, 6.45) is 4.24. The molecule has 3 N–H and O–H groups in total. The molecule has 0 saturated carbocycles. The lowest BCUT2D eigenvalue weighted by atomic mass is 10.00. The molecule has 38 heavy (non-hydrogen) atoms. The molecule has 12 heteroatoms. The highest BCUT2D eigenvalue weighted by molar-refractivity contribution is 7.90. The molecule has 0 unspecified atom stereocenters. The van der Waals surface area contributed by atoms with Crippen LogP contribution in [0.25, 0.3) is 0 Å². The Morgan fingerprint density at radius 3 is 2.42 bits per heavy atom. The van der Waals surface area contributed by atoms with Crippen molar-refractivity contribution < 1.29 is 13.2 Å². The molecule has 0 aromatic heterocycles. The van der Waals surface area contributed by atoms with Crippen LogP contribution >= 0.6 is 23.2 Å². The number of carbonyl (C=O) groups excluding carboxylic acids is 1. The molecule has 2 aromatic rings. The van der Waals surface area contributed by atoms with Gasteiger partial charge in [0.15, 0.2) is 0 Å². The number of nitrogens with zero attached hydrogens (tertiary/aromatic N) is 4. The molecule has 9 nitrogen and oxygen atoms in total. The second-order valence-corrected chi connectivity index (χ2v) is 11.7. The summed E-state index contributed by atoms with van der Waals surface area (Å²) in [5, 5.41) is 7.55. The van der Waals surface area contributed by atoms with Crippen molar-refractivity contribution in [2.45, 2.75) is 30.7 Å². The molecule has 1 fully saturated rings. The average molecular weight is 578 g/mol. The summed E-state index contributed by atoms with van der Waals surface area (Å²) in [5.41, 5.74) is 8.73. The third kappa shape index (κ3) is 6.48. The normalized spacial score (nSPS) is 17.4. The van der Waals surface area contributed by atoms with Crippen LogP contribution in [0.15, 0.2) is 63.9 Å². The maximum atomic E-state index is 13.4. The highest BCUT2D eigenvalue weighted by Gasteiger charge is 2.31. The molecule has 1 saturated heterocycles. The number of hydrogen-bond donors (Lipinski definition) is 2. The first-order valence-electron chi connectivity index (χ1n) is 12.3. The number of anilines is 2. The summed E-state index contributed by atoms with van der Waals surface area (Å²) in [7, 11) is -4.00. The van der Waals surface area contributed by atoms with Gasteiger partial charge in [-0.2, -0.15) is 8.42 Å². The van der Waals surface area contributed by atoms with Crippen LogP contribution in [-0.2, 0) is 21.2 Å².